The van der Waals surface area contributed by atoms with Gasteiger partial charge >= 0.3 is 0 Å². The van der Waals surface area contributed by atoms with Gasteiger partial charge in [0, 0.05) is 44.1 Å². The lowest BCUT2D eigenvalue weighted by molar-refractivity contribution is 0.0927. The van der Waals surface area contributed by atoms with Crippen LogP contribution < -0.4 is 10.2 Å². The summed E-state index contributed by atoms with van der Waals surface area (Å²) in [6.07, 6.45) is 5.21. The third-order valence-corrected chi connectivity index (χ3v) is 4.39. The lowest BCUT2D eigenvalue weighted by atomic mass is 10.1. The number of anilines is 1. The minimum Gasteiger partial charge on any atom is -0.354 e. The van der Waals surface area contributed by atoms with Crippen LogP contribution in [0.1, 0.15) is 29.0 Å². The quantitative estimate of drug-likeness (QED) is 0.749. The summed E-state index contributed by atoms with van der Waals surface area (Å²) in [7, 11) is 1.80. The molecule has 1 atom stereocenters. The Morgan fingerprint density at radius 3 is 3.08 bits per heavy atom. The van der Waals surface area contributed by atoms with Gasteiger partial charge in [0.25, 0.3) is 11.7 Å². The summed E-state index contributed by atoms with van der Waals surface area (Å²) in [6, 6.07) is 3.79. The zero-order chi connectivity index (χ0) is 17.4. The Morgan fingerprint density at radius 1 is 1.40 bits per heavy atom. The van der Waals surface area contributed by atoms with Crippen LogP contribution in [-0.4, -0.2) is 54.4 Å². The summed E-state index contributed by atoms with van der Waals surface area (Å²) in [4.78, 5) is 23.1. The number of rotatable bonds is 3. The van der Waals surface area contributed by atoms with Gasteiger partial charge in [0.1, 0.15) is 17.8 Å². The normalized spacial score (nSPS) is 17.8. The molecule has 3 aromatic heterocycles. The summed E-state index contributed by atoms with van der Waals surface area (Å²) in [5, 5.41) is 11.5. The summed E-state index contributed by atoms with van der Waals surface area (Å²) < 4.78 is 3.37. The second kappa shape index (κ2) is 6.15. The van der Waals surface area contributed by atoms with Crippen molar-refractivity contribution in [1.82, 2.24) is 34.7 Å². The first kappa shape index (κ1) is 15.6. The molecule has 1 amide bonds. The Balaban J connectivity index is 1.52. The van der Waals surface area contributed by atoms with Crippen LogP contribution in [0.15, 0.2) is 24.7 Å². The summed E-state index contributed by atoms with van der Waals surface area (Å²) in [5.41, 5.74) is 1.34. The monoisotopic (exact) mass is 340 g/mol. The largest absolute Gasteiger partial charge is 0.354 e. The molecule has 0 aliphatic carbocycles. The number of piperidine rings is 1. The number of aryl methyl sites for hydroxylation is 2. The van der Waals surface area contributed by atoms with Crippen molar-refractivity contribution in [2.75, 3.05) is 18.0 Å². The molecule has 0 aromatic carbocycles. The van der Waals surface area contributed by atoms with Crippen LogP contribution in [-0.2, 0) is 7.05 Å². The molecule has 9 nitrogen and oxygen atoms in total. The van der Waals surface area contributed by atoms with E-state index in [2.05, 4.69) is 30.4 Å². The summed E-state index contributed by atoms with van der Waals surface area (Å²) in [5.74, 6) is 1.41. The lowest BCUT2D eigenvalue weighted by Gasteiger charge is -2.34. The van der Waals surface area contributed by atoms with Gasteiger partial charge < -0.3 is 10.2 Å². The van der Waals surface area contributed by atoms with E-state index < -0.39 is 0 Å². The highest BCUT2D eigenvalue weighted by molar-refractivity contribution is 5.92. The average Bonchev–Trinajstić information content (AvgIpc) is 3.23. The van der Waals surface area contributed by atoms with Crippen LogP contribution in [0.3, 0.4) is 0 Å². The highest BCUT2D eigenvalue weighted by Gasteiger charge is 2.24. The molecule has 0 spiro atoms. The Labute approximate surface area is 144 Å². The van der Waals surface area contributed by atoms with E-state index in [0.29, 0.717) is 11.5 Å². The number of nitrogens with one attached hydrogen (secondary N) is 1. The van der Waals surface area contributed by atoms with E-state index >= 15 is 0 Å². The number of fused-ring (bicyclic) bond motifs is 1. The van der Waals surface area contributed by atoms with Crippen molar-refractivity contribution in [3.8, 4) is 0 Å². The van der Waals surface area contributed by atoms with Crippen LogP contribution in [0, 0.1) is 6.92 Å². The molecule has 1 fully saturated rings. The smallest absolute Gasteiger partial charge is 0.272 e. The molecule has 0 radical (unpaired) electrons. The van der Waals surface area contributed by atoms with E-state index in [4.69, 9.17) is 0 Å². The third-order valence-electron chi connectivity index (χ3n) is 4.39. The highest BCUT2D eigenvalue weighted by atomic mass is 16.2. The van der Waals surface area contributed by atoms with Crippen molar-refractivity contribution in [3.63, 3.8) is 0 Å². The van der Waals surface area contributed by atoms with E-state index in [-0.39, 0.29) is 11.9 Å². The van der Waals surface area contributed by atoms with Crippen molar-refractivity contribution in [2.24, 2.45) is 7.05 Å². The molecular weight excluding hydrogens is 320 g/mol. The fraction of sp³-hybridized carbons (Fsp3) is 0.438. The van der Waals surface area contributed by atoms with Crippen molar-refractivity contribution in [3.05, 3.63) is 36.0 Å². The van der Waals surface area contributed by atoms with E-state index in [0.717, 1.165) is 37.4 Å². The predicted octanol–water partition coefficient (Wildman–Crippen LogP) is 0.565. The van der Waals surface area contributed by atoms with Crippen molar-refractivity contribution >= 4 is 17.5 Å². The number of hydrogen-bond acceptors (Lipinski definition) is 6. The molecule has 4 rings (SSSR count). The lowest BCUT2D eigenvalue weighted by Crippen LogP contribution is -2.48. The Kier molecular flexibility index (Phi) is 3.83. The number of aromatic nitrogens is 6. The molecule has 1 aliphatic rings. The Morgan fingerprint density at radius 2 is 2.28 bits per heavy atom. The van der Waals surface area contributed by atoms with E-state index in [1.165, 1.54) is 6.33 Å². The van der Waals surface area contributed by atoms with Gasteiger partial charge in [0.2, 0.25) is 0 Å². The molecule has 130 valence electrons. The zero-order valence-electron chi connectivity index (χ0n) is 14.3. The van der Waals surface area contributed by atoms with Gasteiger partial charge in [-0.25, -0.2) is 4.98 Å². The van der Waals surface area contributed by atoms with Gasteiger partial charge in [-0.15, -0.1) is 0 Å². The van der Waals surface area contributed by atoms with Gasteiger partial charge in [-0.2, -0.15) is 19.7 Å². The minimum atomic E-state index is -0.135. The van der Waals surface area contributed by atoms with Gasteiger partial charge in [-0.05, 0) is 25.8 Å². The molecule has 1 unspecified atom stereocenters. The minimum absolute atomic E-state index is 0.0651. The number of carbonyl (C=O) groups excluding carboxylic acids is 1. The van der Waals surface area contributed by atoms with E-state index in [1.807, 2.05) is 13.0 Å². The first-order valence-corrected chi connectivity index (χ1v) is 8.33. The van der Waals surface area contributed by atoms with Crippen LogP contribution in [0.5, 0.6) is 0 Å². The maximum Gasteiger partial charge on any atom is 0.272 e. The molecule has 1 saturated heterocycles. The van der Waals surface area contributed by atoms with Crippen LogP contribution in [0.25, 0.3) is 5.78 Å². The summed E-state index contributed by atoms with van der Waals surface area (Å²) in [6.45, 7) is 3.58. The van der Waals surface area contributed by atoms with Gasteiger partial charge in [-0.3, -0.25) is 9.48 Å². The fourth-order valence-electron chi connectivity index (χ4n) is 3.24. The van der Waals surface area contributed by atoms with Gasteiger partial charge in [-0.1, -0.05) is 0 Å². The maximum atomic E-state index is 12.4. The molecular formula is C16H20N8O. The molecule has 9 heteroatoms. The third kappa shape index (κ3) is 3.04. The Hall–Kier alpha value is -2.97. The number of amides is 1. The first-order chi connectivity index (χ1) is 12.1. The number of nitrogens with zero attached hydrogens (tertiary/aromatic N) is 7. The van der Waals surface area contributed by atoms with Crippen LogP contribution in [0.4, 0.5) is 5.82 Å². The molecule has 3 aromatic rings. The Bertz CT molecular complexity index is 914. The zero-order valence-corrected chi connectivity index (χ0v) is 14.3. The van der Waals surface area contributed by atoms with E-state index in [9.17, 15) is 4.79 Å². The SMILES string of the molecule is Cc1cc(N2CCCC(NC(=O)c3ccn(C)n3)C2)n2ncnc2n1. The standard InChI is InChI=1S/C16H20N8O/c1-11-8-14(24-16(19-11)17-10-18-24)23-6-3-4-12(9-23)20-15(25)13-5-7-22(2)21-13/h5,7-8,10,12H,3-4,6,9H2,1-2H3,(H,20,25). The average molecular weight is 340 g/mol. The second-order valence-electron chi connectivity index (χ2n) is 6.36. The summed E-state index contributed by atoms with van der Waals surface area (Å²) >= 11 is 0. The van der Waals surface area contributed by atoms with Gasteiger partial charge in [0.05, 0.1) is 0 Å². The molecule has 0 bridgehead atoms. The fourth-order valence-corrected chi connectivity index (χ4v) is 3.24. The van der Waals surface area contributed by atoms with E-state index in [1.54, 1.807) is 28.5 Å². The molecule has 25 heavy (non-hydrogen) atoms. The molecule has 1 N–H and O–H groups in total. The topological polar surface area (TPSA) is 93.2 Å². The first-order valence-electron chi connectivity index (χ1n) is 8.33. The highest BCUT2D eigenvalue weighted by Crippen LogP contribution is 2.21. The molecule has 4 heterocycles. The van der Waals surface area contributed by atoms with Crippen LogP contribution >= 0.6 is 0 Å². The van der Waals surface area contributed by atoms with Crippen LogP contribution in [0.2, 0.25) is 0 Å². The molecule has 1 aliphatic heterocycles. The number of carbonyl (C=O) groups is 1. The van der Waals surface area contributed by atoms with Crippen molar-refractivity contribution in [2.45, 2.75) is 25.8 Å². The van der Waals surface area contributed by atoms with Crippen molar-refractivity contribution < 1.29 is 4.79 Å². The van der Waals surface area contributed by atoms with Crippen molar-refractivity contribution in [1.29, 1.82) is 0 Å². The van der Waals surface area contributed by atoms with Gasteiger partial charge in [0.15, 0.2) is 0 Å². The predicted molar refractivity (Wildman–Crippen MR) is 91.4 cm³/mol. The maximum absolute atomic E-state index is 12.4. The second-order valence-corrected chi connectivity index (χ2v) is 6.36. The number of hydrogen-bond donors (Lipinski definition) is 1. The molecule has 0 saturated carbocycles.